The number of nitrogens with zero attached hydrogens (tertiary/aromatic N) is 1. The second-order valence-electron chi connectivity index (χ2n) is 4.99. The van der Waals surface area contributed by atoms with Crippen molar-refractivity contribution in [1.82, 2.24) is 9.88 Å². The predicted octanol–water partition coefficient (Wildman–Crippen LogP) is 4.07. The summed E-state index contributed by atoms with van der Waals surface area (Å²) in [6.07, 6.45) is 1.75. The number of imide groups is 1. The molecule has 112 valence electrons. The third-order valence-electron chi connectivity index (χ3n) is 3.48. The first-order valence-electron chi connectivity index (χ1n) is 6.65. The molecule has 4 nitrogen and oxygen atoms in total. The van der Waals surface area contributed by atoms with E-state index >= 15 is 0 Å². The Morgan fingerprint density at radius 1 is 1.18 bits per heavy atom. The molecule has 0 aliphatic carbocycles. The van der Waals surface area contributed by atoms with Crippen LogP contribution in [0.3, 0.4) is 0 Å². The lowest BCUT2D eigenvalue weighted by atomic mass is 10.2. The summed E-state index contributed by atoms with van der Waals surface area (Å²) in [4.78, 5) is 23.3. The summed E-state index contributed by atoms with van der Waals surface area (Å²) in [5, 5.41) is 2.62. The van der Waals surface area contributed by atoms with E-state index < -0.39 is 0 Å². The highest BCUT2D eigenvalue weighted by Gasteiger charge is 2.25. The van der Waals surface area contributed by atoms with Gasteiger partial charge in [0.15, 0.2) is 0 Å². The first-order valence-corrected chi connectivity index (χ1v) is 7.85. The Hall–Kier alpha value is -1.98. The van der Waals surface area contributed by atoms with Crippen molar-refractivity contribution in [2.75, 3.05) is 0 Å². The summed E-state index contributed by atoms with van der Waals surface area (Å²) in [5.41, 5.74) is 3.96. The van der Waals surface area contributed by atoms with Crippen molar-refractivity contribution in [1.29, 1.82) is 0 Å². The average Bonchev–Trinajstić information content (AvgIpc) is 2.92. The Labute approximate surface area is 137 Å². The number of benzene rings is 1. The molecule has 1 fully saturated rings. The van der Waals surface area contributed by atoms with Gasteiger partial charge < -0.3 is 4.57 Å². The number of rotatable bonds is 2. The van der Waals surface area contributed by atoms with Crippen LogP contribution in [0, 0.1) is 13.8 Å². The summed E-state index contributed by atoms with van der Waals surface area (Å²) < 4.78 is 2.09. The van der Waals surface area contributed by atoms with Crippen LogP contribution in [0.1, 0.15) is 17.0 Å². The number of hydrogen-bond donors (Lipinski definition) is 1. The highest BCUT2D eigenvalue weighted by molar-refractivity contribution is 8.18. The van der Waals surface area contributed by atoms with Crippen molar-refractivity contribution in [3.63, 3.8) is 0 Å². The van der Waals surface area contributed by atoms with Crippen LogP contribution in [0.25, 0.3) is 11.8 Å². The molecule has 1 aromatic carbocycles. The lowest BCUT2D eigenvalue weighted by molar-refractivity contribution is -0.115. The van der Waals surface area contributed by atoms with Crippen molar-refractivity contribution in [2.45, 2.75) is 13.8 Å². The highest BCUT2D eigenvalue weighted by atomic mass is 35.5. The zero-order valence-electron chi connectivity index (χ0n) is 12.0. The topological polar surface area (TPSA) is 51.1 Å². The van der Waals surface area contributed by atoms with E-state index in [1.807, 2.05) is 44.2 Å². The minimum atomic E-state index is -0.341. The van der Waals surface area contributed by atoms with Gasteiger partial charge in [-0.15, -0.1) is 0 Å². The van der Waals surface area contributed by atoms with Crippen molar-refractivity contribution >= 4 is 40.6 Å². The van der Waals surface area contributed by atoms with Gasteiger partial charge in [-0.1, -0.05) is 11.6 Å². The molecule has 1 aliphatic heterocycles. The van der Waals surface area contributed by atoms with Crippen LogP contribution in [0.2, 0.25) is 5.02 Å². The van der Waals surface area contributed by atoms with Gasteiger partial charge in [-0.05, 0) is 67.6 Å². The largest absolute Gasteiger partial charge is 0.318 e. The van der Waals surface area contributed by atoms with Crippen LogP contribution in [-0.2, 0) is 4.79 Å². The van der Waals surface area contributed by atoms with Gasteiger partial charge in [-0.2, -0.15) is 0 Å². The van der Waals surface area contributed by atoms with Crippen LogP contribution in [0.5, 0.6) is 0 Å². The molecule has 1 saturated heterocycles. The standard InChI is InChI=1S/C16H13ClN2O2S/c1-9-7-11(8-14-15(20)18-16(21)22-14)10(2)19(9)13-5-3-12(17)4-6-13/h3-8H,1-2H3,(H,18,20,21)/b14-8-. The first kappa shape index (κ1) is 14.9. The molecule has 22 heavy (non-hydrogen) atoms. The summed E-state index contributed by atoms with van der Waals surface area (Å²) in [6.45, 7) is 3.98. The molecule has 6 heteroatoms. The zero-order chi connectivity index (χ0) is 15.9. The number of aryl methyl sites for hydroxylation is 1. The minimum Gasteiger partial charge on any atom is -0.318 e. The average molecular weight is 333 g/mol. The maximum absolute atomic E-state index is 11.7. The molecule has 0 radical (unpaired) electrons. The SMILES string of the molecule is Cc1cc(/C=C2\SC(=O)NC2=O)c(C)n1-c1ccc(Cl)cc1. The second-order valence-corrected chi connectivity index (χ2v) is 6.44. The number of hydrogen-bond acceptors (Lipinski definition) is 3. The van der Waals surface area contributed by atoms with Gasteiger partial charge in [0.1, 0.15) is 0 Å². The number of thioether (sulfide) groups is 1. The molecular weight excluding hydrogens is 320 g/mol. The summed E-state index contributed by atoms with van der Waals surface area (Å²) >= 11 is 6.85. The Kier molecular flexibility index (Phi) is 3.85. The molecule has 2 amide bonds. The van der Waals surface area contributed by atoms with E-state index in [1.54, 1.807) is 6.08 Å². The number of nitrogens with one attached hydrogen (secondary N) is 1. The molecule has 1 aromatic heterocycles. The lowest BCUT2D eigenvalue weighted by Gasteiger charge is -2.09. The minimum absolute atomic E-state index is 0.331. The normalized spacial score (nSPS) is 16.4. The van der Waals surface area contributed by atoms with Gasteiger partial charge >= 0.3 is 0 Å². The molecule has 0 atom stereocenters. The molecule has 0 saturated carbocycles. The Balaban J connectivity index is 2.04. The molecule has 0 unspecified atom stereocenters. The fraction of sp³-hybridized carbons (Fsp3) is 0.125. The molecule has 1 N–H and O–H groups in total. The molecular formula is C16H13ClN2O2S. The van der Waals surface area contributed by atoms with Gasteiger partial charge in [0.25, 0.3) is 11.1 Å². The van der Waals surface area contributed by atoms with E-state index in [1.165, 1.54) is 0 Å². The zero-order valence-corrected chi connectivity index (χ0v) is 13.6. The van der Waals surface area contributed by atoms with E-state index in [9.17, 15) is 9.59 Å². The van der Waals surface area contributed by atoms with Crippen LogP contribution in [0.4, 0.5) is 4.79 Å². The fourth-order valence-corrected chi connectivity index (χ4v) is 3.28. The van der Waals surface area contributed by atoms with Crippen molar-refractivity contribution in [2.24, 2.45) is 0 Å². The van der Waals surface area contributed by atoms with Crippen LogP contribution >= 0.6 is 23.4 Å². The van der Waals surface area contributed by atoms with Crippen molar-refractivity contribution in [3.8, 4) is 5.69 Å². The maximum Gasteiger partial charge on any atom is 0.290 e. The van der Waals surface area contributed by atoms with E-state index in [0.717, 1.165) is 34.4 Å². The van der Waals surface area contributed by atoms with Gasteiger partial charge in [0.2, 0.25) is 0 Å². The van der Waals surface area contributed by atoms with Gasteiger partial charge in [-0.3, -0.25) is 14.9 Å². The first-order chi connectivity index (χ1) is 10.5. The molecule has 1 aliphatic rings. The third-order valence-corrected chi connectivity index (χ3v) is 4.55. The van der Waals surface area contributed by atoms with E-state index in [-0.39, 0.29) is 11.1 Å². The maximum atomic E-state index is 11.7. The predicted molar refractivity (Wildman–Crippen MR) is 89.4 cm³/mol. The summed E-state index contributed by atoms with van der Waals surface area (Å²) in [6, 6.07) is 9.56. The number of carbonyl (C=O) groups excluding carboxylic acids is 2. The Morgan fingerprint density at radius 3 is 2.45 bits per heavy atom. The molecule has 0 spiro atoms. The van der Waals surface area contributed by atoms with Crippen molar-refractivity contribution < 1.29 is 9.59 Å². The second kappa shape index (κ2) is 5.66. The summed E-state index contributed by atoms with van der Waals surface area (Å²) in [5.74, 6) is -0.341. The number of halogens is 1. The van der Waals surface area contributed by atoms with E-state index in [4.69, 9.17) is 11.6 Å². The quantitative estimate of drug-likeness (QED) is 0.843. The van der Waals surface area contributed by atoms with Gasteiger partial charge in [0.05, 0.1) is 4.91 Å². The lowest BCUT2D eigenvalue weighted by Crippen LogP contribution is -2.17. The molecule has 2 heterocycles. The van der Waals surface area contributed by atoms with Crippen LogP contribution < -0.4 is 5.32 Å². The van der Waals surface area contributed by atoms with Gasteiger partial charge in [-0.25, -0.2) is 0 Å². The molecule has 2 aromatic rings. The Morgan fingerprint density at radius 2 is 1.86 bits per heavy atom. The monoisotopic (exact) mass is 332 g/mol. The van der Waals surface area contributed by atoms with Crippen LogP contribution in [0.15, 0.2) is 35.2 Å². The highest BCUT2D eigenvalue weighted by Crippen LogP contribution is 2.29. The number of aromatic nitrogens is 1. The van der Waals surface area contributed by atoms with Gasteiger partial charge in [0, 0.05) is 22.1 Å². The fourth-order valence-electron chi connectivity index (χ4n) is 2.48. The molecule has 3 rings (SSSR count). The smallest absolute Gasteiger partial charge is 0.290 e. The Bertz CT molecular complexity index is 806. The van der Waals surface area contributed by atoms with Crippen LogP contribution in [-0.4, -0.2) is 15.7 Å². The van der Waals surface area contributed by atoms with E-state index in [2.05, 4.69) is 9.88 Å². The molecule has 0 bridgehead atoms. The van der Waals surface area contributed by atoms with E-state index in [0.29, 0.717) is 9.93 Å². The number of carbonyl (C=O) groups is 2. The number of amides is 2. The van der Waals surface area contributed by atoms with Crippen molar-refractivity contribution in [3.05, 3.63) is 57.2 Å². The summed E-state index contributed by atoms with van der Waals surface area (Å²) in [7, 11) is 0. The third kappa shape index (κ3) is 2.69.